The van der Waals surface area contributed by atoms with E-state index in [1.165, 1.54) is 11.1 Å². The largest absolute Gasteiger partial charge is 0.349 e. The first kappa shape index (κ1) is 17.2. The first-order chi connectivity index (χ1) is 11.5. The normalized spacial score (nSPS) is 15.6. The Morgan fingerprint density at radius 1 is 1.25 bits per heavy atom. The lowest BCUT2D eigenvalue weighted by Gasteiger charge is -2.33. The zero-order chi connectivity index (χ0) is 17.1. The van der Waals surface area contributed by atoms with Crippen LogP contribution >= 0.6 is 23.2 Å². The van der Waals surface area contributed by atoms with Crippen molar-refractivity contribution in [3.05, 3.63) is 63.4 Å². The number of amides is 1. The van der Waals surface area contributed by atoms with E-state index in [9.17, 15) is 4.79 Å². The van der Waals surface area contributed by atoms with E-state index in [2.05, 4.69) is 46.4 Å². The predicted octanol–water partition coefficient (Wildman–Crippen LogP) is 3.57. The first-order valence-corrected chi connectivity index (χ1v) is 8.71. The molecule has 1 aliphatic rings. The van der Waals surface area contributed by atoms with Crippen molar-refractivity contribution in [3.8, 4) is 0 Å². The number of hydrogen-bond acceptors (Lipinski definition) is 3. The molecular formula is C18H19Cl2N3O. The van der Waals surface area contributed by atoms with E-state index in [0.29, 0.717) is 11.6 Å². The van der Waals surface area contributed by atoms with Crippen molar-refractivity contribution in [1.82, 2.24) is 15.2 Å². The summed E-state index contributed by atoms with van der Waals surface area (Å²) >= 11 is 11.9. The monoisotopic (exact) mass is 363 g/mol. The number of aromatic nitrogens is 1. The van der Waals surface area contributed by atoms with Gasteiger partial charge >= 0.3 is 0 Å². The molecule has 1 N–H and O–H groups in total. The van der Waals surface area contributed by atoms with E-state index >= 15 is 0 Å². The molecule has 1 aliphatic heterocycles. The number of rotatable bonds is 4. The van der Waals surface area contributed by atoms with Gasteiger partial charge in [-0.2, -0.15) is 0 Å². The SMILES string of the molecule is CC(CNC(=O)c1nc(Cl)ccc1Cl)N1CCc2ccccc2C1. The molecule has 24 heavy (non-hydrogen) atoms. The van der Waals surface area contributed by atoms with Gasteiger partial charge in [-0.1, -0.05) is 47.5 Å². The first-order valence-electron chi connectivity index (χ1n) is 7.95. The van der Waals surface area contributed by atoms with Crippen LogP contribution in [0.4, 0.5) is 0 Å². The maximum absolute atomic E-state index is 12.3. The quantitative estimate of drug-likeness (QED) is 0.844. The Morgan fingerprint density at radius 2 is 2.00 bits per heavy atom. The zero-order valence-corrected chi connectivity index (χ0v) is 14.9. The van der Waals surface area contributed by atoms with Gasteiger partial charge in [-0.3, -0.25) is 9.69 Å². The van der Waals surface area contributed by atoms with E-state index < -0.39 is 0 Å². The fraction of sp³-hybridized carbons (Fsp3) is 0.333. The Hall–Kier alpha value is -1.62. The summed E-state index contributed by atoms with van der Waals surface area (Å²) in [6.45, 7) is 4.54. The van der Waals surface area contributed by atoms with Crippen molar-refractivity contribution in [3.63, 3.8) is 0 Å². The van der Waals surface area contributed by atoms with Crippen molar-refractivity contribution in [2.75, 3.05) is 13.1 Å². The summed E-state index contributed by atoms with van der Waals surface area (Å²) in [6.07, 6.45) is 1.04. The molecule has 1 amide bonds. The summed E-state index contributed by atoms with van der Waals surface area (Å²) in [5, 5.41) is 3.46. The van der Waals surface area contributed by atoms with Crippen LogP contribution in [-0.4, -0.2) is 34.9 Å². The van der Waals surface area contributed by atoms with Crippen molar-refractivity contribution in [2.24, 2.45) is 0 Å². The lowest BCUT2D eigenvalue weighted by molar-refractivity contribution is 0.0927. The molecule has 2 heterocycles. The number of fused-ring (bicyclic) bond motifs is 1. The summed E-state index contributed by atoms with van der Waals surface area (Å²) in [6, 6.07) is 11.9. The summed E-state index contributed by atoms with van der Waals surface area (Å²) in [7, 11) is 0. The fourth-order valence-corrected chi connectivity index (χ4v) is 3.26. The Bertz CT molecular complexity index is 751. The van der Waals surface area contributed by atoms with Gasteiger partial charge in [0.15, 0.2) is 0 Å². The molecule has 1 unspecified atom stereocenters. The Morgan fingerprint density at radius 3 is 2.79 bits per heavy atom. The fourth-order valence-electron chi connectivity index (χ4n) is 2.92. The number of nitrogens with one attached hydrogen (secondary N) is 1. The lowest BCUT2D eigenvalue weighted by Crippen LogP contribution is -2.44. The third-order valence-electron chi connectivity index (χ3n) is 4.37. The second kappa shape index (κ2) is 7.51. The molecule has 0 saturated heterocycles. The molecule has 0 bridgehead atoms. The van der Waals surface area contributed by atoms with Crippen LogP contribution in [0.5, 0.6) is 0 Å². The van der Waals surface area contributed by atoms with Crippen LogP contribution in [0.2, 0.25) is 10.2 Å². The molecule has 1 atom stereocenters. The second-order valence-electron chi connectivity index (χ2n) is 6.01. The minimum atomic E-state index is -0.299. The number of hydrogen-bond donors (Lipinski definition) is 1. The third kappa shape index (κ3) is 3.89. The van der Waals surface area contributed by atoms with Crippen LogP contribution < -0.4 is 5.32 Å². The van der Waals surface area contributed by atoms with Gasteiger partial charge in [-0.25, -0.2) is 4.98 Å². The Balaban J connectivity index is 1.59. The molecule has 1 aromatic carbocycles. The summed E-state index contributed by atoms with van der Waals surface area (Å²) in [5.41, 5.74) is 2.95. The van der Waals surface area contributed by atoms with Crippen LogP contribution in [0.3, 0.4) is 0 Å². The lowest BCUT2D eigenvalue weighted by atomic mass is 9.99. The van der Waals surface area contributed by atoms with Gasteiger partial charge in [0, 0.05) is 25.7 Å². The number of nitrogens with zero attached hydrogens (tertiary/aromatic N) is 2. The molecular weight excluding hydrogens is 345 g/mol. The highest BCUT2D eigenvalue weighted by Gasteiger charge is 2.21. The molecule has 6 heteroatoms. The number of halogens is 2. The molecule has 126 valence electrons. The van der Waals surface area contributed by atoms with E-state index in [0.717, 1.165) is 19.5 Å². The highest BCUT2D eigenvalue weighted by molar-refractivity contribution is 6.34. The van der Waals surface area contributed by atoms with Crippen molar-refractivity contribution in [1.29, 1.82) is 0 Å². The van der Waals surface area contributed by atoms with Gasteiger partial charge in [0.1, 0.15) is 10.8 Å². The van der Waals surface area contributed by atoms with Gasteiger partial charge in [0.05, 0.1) is 5.02 Å². The molecule has 0 radical (unpaired) electrons. The number of pyridine rings is 1. The summed E-state index contributed by atoms with van der Waals surface area (Å²) < 4.78 is 0. The molecule has 0 fully saturated rings. The number of carbonyl (C=O) groups excluding carboxylic acids is 1. The van der Waals surface area contributed by atoms with Crippen molar-refractivity contribution in [2.45, 2.75) is 25.9 Å². The maximum Gasteiger partial charge on any atom is 0.271 e. The van der Waals surface area contributed by atoms with Crippen LogP contribution in [0.1, 0.15) is 28.5 Å². The van der Waals surface area contributed by atoms with Crippen LogP contribution in [0.15, 0.2) is 36.4 Å². The molecule has 0 saturated carbocycles. The standard InChI is InChI=1S/C18H19Cl2N3O/c1-12(23-9-8-13-4-2-3-5-14(13)11-23)10-21-18(24)17-15(19)6-7-16(20)22-17/h2-7,12H,8-11H2,1H3,(H,21,24). The van der Waals surface area contributed by atoms with Crippen molar-refractivity contribution < 1.29 is 4.79 Å². The highest BCUT2D eigenvalue weighted by atomic mass is 35.5. The van der Waals surface area contributed by atoms with Crippen molar-refractivity contribution >= 4 is 29.1 Å². The average Bonchev–Trinajstić information content (AvgIpc) is 2.61. The number of benzene rings is 1. The smallest absolute Gasteiger partial charge is 0.271 e. The van der Waals surface area contributed by atoms with Gasteiger partial charge in [-0.05, 0) is 36.6 Å². The molecule has 4 nitrogen and oxygen atoms in total. The van der Waals surface area contributed by atoms with Gasteiger partial charge in [-0.15, -0.1) is 0 Å². The Kier molecular flexibility index (Phi) is 5.39. The molecule has 3 rings (SSSR count). The predicted molar refractivity (Wildman–Crippen MR) is 96.6 cm³/mol. The highest BCUT2D eigenvalue weighted by Crippen LogP contribution is 2.20. The van der Waals surface area contributed by atoms with Gasteiger partial charge in [0.25, 0.3) is 5.91 Å². The zero-order valence-electron chi connectivity index (χ0n) is 13.4. The van der Waals surface area contributed by atoms with Crippen LogP contribution in [0.25, 0.3) is 0 Å². The van der Waals surface area contributed by atoms with E-state index in [1.54, 1.807) is 12.1 Å². The van der Waals surface area contributed by atoms with Crippen LogP contribution in [0, 0.1) is 0 Å². The minimum Gasteiger partial charge on any atom is -0.349 e. The molecule has 0 spiro atoms. The topological polar surface area (TPSA) is 45.2 Å². The number of carbonyl (C=O) groups is 1. The molecule has 0 aliphatic carbocycles. The van der Waals surface area contributed by atoms with Gasteiger partial charge in [0.2, 0.25) is 0 Å². The average molecular weight is 364 g/mol. The maximum atomic E-state index is 12.3. The molecule has 1 aromatic heterocycles. The summed E-state index contributed by atoms with van der Waals surface area (Å²) in [4.78, 5) is 18.6. The van der Waals surface area contributed by atoms with E-state index in [1.807, 2.05) is 0 Å². The molecule has 2 aromatic rings. The van der Waals surface area contributed by atoms with Gasteiger partial charge < -0.3 is 5.32 Å². The second-order valence-corrected chi connectivity index (χ2v) is 6.81. The minimum absolute atomic E-state index is 0.167. The Labute approximate surface area is 151 Å². The summed E-state index contributed by atoms with van der Waals surface area (Å²) in [5.74, 6) is -0.299. The van der Waals surface area contributed by atoms with E-state index in [4.69, 9.17) is 23.2 Å². The van der Waals surface area contributed by atoms with E-state index in [-0.39, 0.29) is 22.8 Å². The van der Waals surface area contributed by atoms with Crippen LogP contribution in [-0.2, 0) is 13.0 Å². The third-order valence-corrected chi connectivity index (χ3v) is 4.88.